The van der Waals surface area contributed by atoms with Crippen molar-refractivity contribution in [2.45, 2.75) is 39.2 Å². The molecule has 4 nitrogen and oxygen atoms in total. The molecule has 5 heteroatoms. The first-order chi connectivity index (χ1) is 9.19. The molecule has 0 bridgehead atoms. The van der Waals surface area contributed by atoms with Crippen LogP contribution >= 0.6 is 11.8 Å². The molecular formula is C14H22N4S. The van der Waals surface area contributed by atoms with Gasteiger partial charge in [0.15, 0.2) is 5.17 Å². The van der Waals surface area contributed by atoms with Gasteiger partial charge in [-0.2, -0.15) is 5.10 Å². The maximum absolute atomic E-state index is 4.76. The molecule has 104 valence electrons. The minimum Gasteiger partial charge on any atom is -0.361 e. The number of nitrogens with zero attached hydrogens (tertiary/aromatic N) is 3. The van der Waals surface area contributed by atoms with Crippen molar-refractivity contribution in [3.05, 3.63) is 17.5 Å². The van der Waals surface area contributed by atoms with Crippen molar-refractivity contribution in [1.82, 2.24) is 15.1 Å². The molecule has 2 heterocycles. The summed E-state index contributed by atoms with van der Waals surface area (Å²) < 4.78 is 1.92. The predicted octanol–water partition coefficient (Wildman–Crippen LogP) is 2.48. The Morgan fingerprint density at radius 1 is 1.42 bits per heavy atom. The lowest BCUT2D eigenvalue weighted by atomic mass is 9.89. The maximum Gasteiger partial charge on any atom is 0.156 e. The van der Waals surface area contributed by atoms with Crippen LogP contribution in [0.15, 0.2) is 11.2 Å². The molecule has 1 aliphatic heterocycles. The van der Waals surface area contributed by atoms with Gasteiger partial charge in [0, 0.05) is 37.1 Å². The van der Waals surface area contributed by atoms with Crippen LogP contribution in [0.5, 0.6) is 0 Å². The van der Waals surface area contributed by atoms with Crippen LogP contribution < -0.4 is 5.32 Å². The Labute approximate surface area is 119 Å². The Morgan fingerprint density at radius 2 is 2.21 bits per heavy atom. The first kappa shape index (κ1) is 13.0. The van der Waals surface area contributed by atoms with Crippen LogP contribution in [0, 0.1) is 12.3 Å². The second kappa shape index (κ2) is 5.19. The summed E-state index contributed by atoms with van der Waals surface area (Å²) in [6.07, 6.45) is 7.48. The lowest BCUT2D eigenvalue weighted by molar-refractivity contribution is 0.358. The molecule has 3 rings (SSSR count). The molecule has 1 aliphatic carbocycles. The predicted molar refractivity (Wildman–Crippen MR) is 80.4 cm³/mol. The number of rotatable bonds is 2. The molecule has 1 spiro atoms. The van der Waals surface area contributed by atoms with Gasteiger partial charge >= 0.3 is 0 Å². The number of aryl methyl sites for hydroxylation is 1. The topological polar surface area (TPSA) is 42.2 Å². The van der Waals surface area contributed by atoms with Crippen molar-refractivity contribution < 1.29 is 0 Å². The van der Waals surface area contributed by atoms with E-state index in [1.807, 2.05) is 29.7 Å². The Balaban J connectivity index is 1.57. The van der Waals surface area contributed by atoms with Crippen LogP contribution in [-0.2, 0) is 13.6 Å². The van der Waals surface area contributed by atoms with E-state index in [1.165, 1.54) is 42.7 Å². The van der Waals surface area contributed by atoms with E-state index in [2.05, 4.69) is 17.3 Å². The van der Waals surface area contributed by atoms with Crippen LogP contribution in [0.1, 0.15) is 36.9 Å². The van der Waals surface area contributed by atoms with Gasteiger partial charge in [-0.1, -0.05) is 24.6 Å². The lowest BCUT2D eigenvalue weighted by Gasteiger charge is -2.31. The minimum atomic E-state index is 0.528. The van der Waals surface area contributed by atoms with Crippen LogP contribution in [0.3, 0.4) is 0 Å². The summed E-state index contributed by atoms with van der Waals surface area (Å²) in [5.41, 5.74) is 3.01. The second-order valence-electron chi connectivity index (χ2n) is 5.85. The molecule has 0 saturated heterocycles. The summed E-state index contributed by atoms with van der Waals surface area (Å²) in [4.78, 5) is 4.76. The quantitative estimate of drug-likeness (QED) is 0.903. The fraction of sp³-hybridized carbons (Fsp3) is 0.714. The molecule has 0 radical (unpaired) electrons. The largest absolute Gasteiger partial charge is 0.361 e. The normalized spacial score (nSPS) is 21.7. The number of aliphatic imine (C=N–C) groups is 1. The first-order valence-electron chi connectivity index (χ1n) is 7.07. The monoisotopic (exact) mass is 278 g/mol. The number of hydrogen-bond donors (Lipinski definition) is 1. The summed E-state index contributed by atoms with van der Waals surface area (Å²) in [6.45, 7) is 3.96. The molecule has 2 aliphatic rings. The number of amidine groups is 1. The Hall–Kier alpha value is -0.970. The lowest BCUT2D eigenvalue weighted by Crippen LogP contribution is -2.33. The first-order valence-corrected chi connectivity index (χ1v) is 8.06. The summed E-state index contributed by atoms with van der Waals surface area (Å²) in [7, 11) is 1.98. The van der Waals surface area contributed by atoms with Crippen molar-refractivity contribution in [2.75, 3.05) is 12.3 Å². The van der Waals surface area contributed by atoms with E-state index >= 15 is 0 Å². The fourth-order valence-electron chi connectivity index (χ4n) is 2.98. The van der Waals surface area contributed by atoms with Crippen molar-refractivity contribution in [1.29, 1.82) is 0 Å². The number of nitrogens with one attached hydrogen (secondary N) is 1. The third-order valence-corrected chi connectivity index (χ3v) is 5.81. The molecule has 1 fully saturated rings. The van der Waals surface area contributed by atoms with Gasteiger partial charge in [0.1, 0.15) is 0 Å². The van der Waals surface area contributed by atoms with Crippen molar-refractivity contribution in [3.63, 3.8) is 0 Å². The van der Waals surface area contributed by atoms with Crippen molar-refractivity contribution >= 4 is 16.9 Å². The van der Waals surface area contributed by atoms with Gasteiger partial charge in [-0.3, -0.25) is 9.67 Å². The zero-order valence-electron chi connectivity index (χ0n) is 11.8. The molecule has 0 amide bonds. The molecular weight excluding hydrogens is 256 g/mol. The zero-order valence-corrected chi connectivity index (χ0v) is 12.6. The molecule has 0 unspecified atom stereocenters. The van der Waals surface area contributed by atoms with Crippen LogP contribution in [0.25, 0.3) is 0 Å². The van der Waals surface area contributed by atoms with E-state index in [0.717, 1.165) is 18.3 Å². The molecule has 1 N–H and O–H groups in total. The highest BCUT2D eigenvalue weighted by atomic mass is 32.2. The molecule has 19 heavy (non-hydrogen) atoms. The maximum atomic E-state index is 4.76. The Morgan fingerprint density at radius 3 is 2.79 bits per heavy atom. The highest BCUT2D eigenvalue weighted by Crippen LogP contribution is 2.43. The van der Waals surface area contributed by atoms with Crippen molar-refractivity contribution in [2.24, 2.45) is 17.5 Å². The van der Waals surface area contributed by atoms with Crippen LogP contribution in [0.4, 0.5) is 0 Å². The highest BCUT2D eigenvalue weighted by molar-refractivity contribution is 8.13. The van der Waals surface area contributed by atoms with Gasteiger partial charge in [0.05, 0.1) is 6.20 Å². The van der Waals surface area contributed by atoms with Crippen LogP contribution in [0.2, 0.25) is 0 Å². The number of thioether (sulfide) groups is 1. The van der Waals surface area contributed by atoms with E-state index in [9.17, 15) is 0 Å². The van der Waals surface area contributed by atoms with Gasteiger partial charge in [-0.25, -0.2) is 0 Å². The molecule has 1 saturated carbocycles. The smallest absolute Gasteiger partial charge is 0.156 e. The summed E-state index contributed by atoms with van der Waals surface area (Å²) in [5.74, 6) is 1.24. The zero-order chi connectivity index (χ0) is 13.3. The summed E-state index contributed by atoms with van der Waals surface area (Å²) >= 11 is 1.90. The standard InChI is InChI=1S/C14H22N4S/c1-11-12(8-17-18(11)2)7-15-13-16-9-14(10-19-13)5-3-4-6-14/h8H,3-7,9-10H2,1-2H3,(H,15,16). The third kappa shape index (κ3) is 2.66. The van der Waals surface area contributed by atoms with Gasteiger partial charge in [0.25, 0.3) is 0 Å². The SMILES string of the molecule is Cc1c(CNC2=NCC3(CCCC3)CS2)cnn1C. The fourth-order valence-corrected chi connectivity index (χ4v) is 4.13. The second-order valence-corrected chi connectivity index (χ2v) is 6.81. The average molecular weight is 278 g/mol. The third-order valence-electron chi connectivity index (χ3n) is 4.50. The van der Waals surface area contributed by atoms with E-state index < -0.39 is 0 Å². The highest BCUT2D eigenvalue weighted by Gasteiger charge is 2.36. The van der Waals surface area contributed by atoms with E-state index in [1.54, 1.807) is 0 Å². The average Bonchev–Trinajstić information content (AvgIpc) is 3.00. The Kier molecular flexibility index (Phi) is 3.56. The molecule has 0 aromatic carbocycles. The van der Waals surface area contributed by atoms with Gasteiger partial charge in [-0.15, -0.1) is 0 Å². The van der Waals surface area contributed by atoms with Crippen molar-refractivity contribution in [3.8, 4) is 0 Å². The van der Waals surface area contributed by atoms with Gasteiger partial charge in [-0.05, 0) is 25.2 Å². The molecule has 1 aromatic heterocycles. The molecule has 0 atom stereocenters. The van der Waals surface area contributed by atoms with E-state index in [4.69, 9.17) is 4.99 Å². The summed E-state index contributed by atoms with van der Waals surface area (Å²) in [6, 6.07) is 0. The minimum absolute atomic E-state index is 0.528. The van der Waals surface area contributed by atoms with E-state index in [-0.39, 0.29) is 0 Å². The Bertz CT molecular complexity index is 486. The van der Waals surface area contributed by atoms with Gasteiger partial charge < -0.3 is 5.32 Å². The molecule has 1 aromatic rings. The van der Waals surface area contributed by atoms with E-state index in [0.29, 0.717) is 5.41 Å². The number of hydrogen-bond acceptors (Lipinski definition) is 4. The van der Waals surface area contributed by atoms with Crippen LogP contribution in [-0.4, -0.2) is 27.2 Å². The summed E-state index contributed by atoms with van der Waals surface area (Å²) in [5, 5.41) is 8.84. The number of aromatic nitrogens is 2. The van der Waals surface area contributed by atoms with Gasteiger partial charge in [0.2, 0.25) is 0 Å².